The van der Waals surface area contributed by atoms with E-state index >= 15 is 0 Å². The average Bonchev–Trinajstić information content (AvgIpc) is 2.54. The van der Waals surface area contributed by atoms with Crippen LogP contribution in [0.1, 0.15) is 19.8 Å². The molecule has 0 bridgehead atoms. The van der Waals surface area contributed by atoms with Gasteiger partial charge in [-0.2, -0.15) is 0 Å². The number of amides is 1. The molecule has 0 spiro atoms. The normalized spacial score (nSPS) is 17.5. The molecule has 0 aromatic rings. The Balaban J connectivity index is 2.32. The van der Waals surface area contributed by atoms with Crippen LogP contribution in [0, 0.1) is 0 Å². The summed E-state index contributed by atoms with van der Waals surface area (Å²) in [7, 11) is 0. The van der Waals surface area contributed by atoms with Crippen molar-refractivity contribution in [2.75, 3.05) is 45.9 Å². The Bertz CT molecular complexity index is 283. The lowest BCUT2D eigenvalue weighted by atomic mass is 10.3. The summed E-state index contributed by atoms with van der Waals surface area (Å²) in [5.41, 5.74) is 0. The number of hydrogen-bond acceptors (Lipinski definition) is 4. The molecular formula is C12H22N2O4. The Morgan fingerprint density at radius 3 is 2.67 bits per heavy atom. The number of nitrogens with zero attached hydrogens (tertiary/aromatic N) is 2. The number of hydrogen-bond donors (Lipinski definition) is 1. The molecule has 1 amide bonds. The van der Waals surface area contributed by atoms with Crippen LogP contribution in [-0.4, -0.2) is 72.7 Å². The Morgan fingerprint density at radius 1 is 1.22 bits per heavy atom. The highest BCUT2D eigenvalue weighted by molar-refractivity contribution is 5.77. The molecule has 0 atom stereocenters. The molecule has 0 aromatic carbocycles. The van der Waals surface area contributed by atoms with Crippen molar-refractivity contribution in [2.45, 2.75) is 19.8 Å². The summed E-state index contributed by atoms with van der Waals surface area (Å²) in [4.78, 5) is 26.1. The van der Waals surface area contributed by atoms with Gasteiger partial charge in [0, 0.05) is 32.8 Å². The third-order valence-electron chi connectivity index (χ3n) is 2.87. The van der Waals surface area contributed by atoms with Crippen molar-refractivity contribution in [3.63, 3.8) is 0 Å². The number of ether oxygens (including phenoxy) is 1. The molecule has 0 aliphatic carbocycles. The van der Waals surface area contributed by atoms with Crippen LogP contribution in [0.2, 0.25) is 0 Å². The topological polar surface area (TPSA) is 70.1 Å². The van der Waals surface area contributed by atoms with Crippen molar-refractivity contribution in [3.8, 4) is 0 Å². The van der Waals surface area contributed by atoms with Crippen molar-refractivity contribution in [3.05, 3.63) is 0 Å². The van der Waals surface area contributed by atoms with Gasteiger partial charge >= 0.3 is 5.97 Å². The van der Waals surface area contributed by atoms with Crippen LogP contribution < -0.4 is 0 Å². The number of carbonyl (C=O) groups excluding carboxylic acids is 1. The zero-order valence-electron chi connectivity index (χ0n) is 10.9. The van der Waals surface area contributed by atoms with Crippen molar-refractivity contribution in [1.82, 2.24) is 9.80 Å². The van der Waals surface area contributed by atoms with Crippen LogP contribution in [0.25, 0.3) is 0 Å². The Morgan fingerprint density at radius 2 is 2.00 bits per heavy atom. The van der Waals surface area contributed by atoms with Gasteiger partial charge in [-0.05, 0) is 12.8 Å². The molecule has 1 rings (SSSR count). The van der Waals surface area contributed by atoms with E-state index in [2.05, 4.69) is 0 Å². The molecule has 18 heavy (non-hydrogen) atoms. The first-order chi connectivity index (χ1) is 8.63. The van der Waals surface area contributed by atoms with Gasteiger partial charge in [-0.25, -0.2) is 0 Å². The maximum absolute atomic E-state index is 11.8. The van der Waals surface area contributed by atoms with E-state index in [9.17, 15) is 9.59 Å². The van der Waals surface area contributed by atoms with Gasteiger partial charge in [0.05, 0.1) is 6.54 Å². The molecule has 6 nitrogen and oxygen atoms in total. The average molecular weight is 258 g/mol. The minimum absolute atomic E-state index is 0.000579. The number of carboxylic acids is 1. The summed E-state index contributed by atoms with van der Waals surface area (Å²) in [6, 6.07) is 0. The minimum atomic E-state index is -0.818. The summed E-state index contributed by atoms with van der Waals surface area (Å²) < 4.78 is 5.23. The molecule has 0 radical (unpaired) electrons. The lowest BCUT2D eigenvalue weighted by molar-refractivity contribution is -0.138. The predicted octanol–water partition coefficient (Wildman–Crippen LogP) is 0.0319. The summed E-state index contributed by atoms with van der Waals surface area (Å²) >= 11 is 0. The number of carbonyl (C=O) groups is 2. The molecule has 0 aromatic heterocycles. The van der Waals surface area contributed by atoms with E-state index in [4.69, 9.17) is 9.84 Å². The third-order valence-corrected chi connectivity index (χ3v) is 2.87. The fourth-order valence-electron chi connectivity index (χ4n) is 1.96. The van der Waals surface area contributed by atoms with Gasteiger partial charge < -0.3 is 14.7 Å². The highest BCUT2D eigenvalue weighted by Crippen LogP contribution is 2.03. The Kier molecular flexibility index (Phi) is 6.67. The lowest BCUT2D eigenvalue weighted by Crippen LogP contribution is -2.38. The van der Waals surface area contributed by atoms with Gasteiger partial charge in [0.25, 0.3) is 0 Å². The van der Waals surface area contributed by atoms with E-state index < -0.39 is 5.97 Å². The first-order valence-electron chi connectivity index (χ1n) is 6.43. The summed E-state index contributed by atoms with van der Waals surface area (Å²) in [5.74, 6) is -0.818. The van der Waals surface area contributed by atoms with E-state index in [-0.39, 0.29) is 19.1 Å². The molecular weight excluding hydrogens is 236 g/mol. The summed E-state index contributed by atoms with van der Waals surface area (Å²) in [6.45, 7) is 5.40. The van der Waals surface area contributed by atoms with Crippen molar-refractivity contribution < 1.29 is 19.4 Å². The van der Waals surface area contributed by atoms with E-state index in [1.807, 2.05) is 11.8 Å². The summed E-state index contributed by atoms with van der Waals surface area (Å²) in [5, 5.41) is 8.73. The fraction of sp³-hybridized carbons (Fsp3) is 0.833. The van der Waals surface area contributed by atoms with E-state index in [0.29, 0.717) is 26.2 Å². The standard InChI is InChI=1S/C12H22N2O4/c1-2-8-18-10-11(15)14-5-3-4-13(6-7-14)9-12(16)17/h2-10H2,1H3,(H,16,17). The van der Waals surface area contributed by atoms with Crippen molar-refractivity contribution >= 4 is 11.9 Å². The zero-order chi connectivity index (χ0) is 13.4. The smallest absolute Gasteiger partial charge is 0.317 e. The first-order valence-corrected chi connectivity index (χ1v) is 6.43. The fourth-order valence-corrected chi connectivity index (χ4v) is 1.96. The summed E-state index contributed by atoms with van der Waals surface area (Å²) in [6.07, 6.45) is 1.71. The lowest BCUT2D eigenvalue weighted by Gasteiger charge is -2.21. The molecule has 0 unspecified atom stereocenters. The van der Waals surface area contributed by atoms with Crippen molar-refractivity contribution in [2.24, 2.45) is 0 Å². The van der Waals surface area contributed by atoms with Gasteiger partial charge in [-0.15, -0.1) is 0 Å². The monoisotopic (exact) mass is 258 g/mol. The molecule has 6 heteroatoms. The number of aliphatic carboxylic acids is 1. The Labute approximate surface area is 107 Å². The molecule has 1 saturated heterocycles. The molecule has 1 fully saturated rings. The van der Waals surface area contributed by atoms with Gasteiger partial charge in [-0.1, -0.05) is 6.92 Å². The number of rotatable bonds is 6. The largest absolute Gasteiger partial charge is 0.480 e. The van der Waals surface area contributed by atoms with E-state index in [0.717, 1.165) is 19.4 Å². The zero-order valence-corrected chi connectivity index (χ0v) is 10.9. The molecule has 104 valence electrons. The van der Waals surface area contributed by atoms with Crippen LogP contribution in [0.15, 0.2) is 0 Å². The third kappa shape index (κ3) is 5.46. The van der Waals surface area contributed by atoms with Gasteiger partial charge in [0.2, 0.25) is 5.91 Å². The Hall–Kier alpha value is -1.14. The molecule has 1 aliphatic heterocycles. The van der Waals surface area contributed by atoms with Crippen LogP contribution in [0.3, 0.4) is 0 Å². The molecule has 1 heterocycles. The van der Waals surface area contributed by atoms with Gasteiger partial charge in [0.15, 0.2) is 0 Å². The maximum atomic E-state index is 11.8. The predicted molar refractivity (Wildman–Crippen MR) is 66.4 cm³/mol. The van der Waals surface area contributed by atoms with E-state index in [1.54, 1.807) is 4.90 Å². The van der Waals surface area contributed by atoms with Crippen LogP contribution in [0.5, 0.6) is 0 Å². The van der Waals surface area contributed by atoms with Crippen LogP contribution in [-0.2, 0) is 14.3 Å². The number of carboxylic acid groups (broad SMARTS) is 1. The second kappa shape index (κ2) is 8.05. The molecule has 1 N–H and O–H groups in total. The van der Waals surface area contributed by atoms with Crippen molar-refractivity contribution in [1.29, 1.82) is 0 Å². The van der Waals surface area contributed by atoms with Gasteiger partial charge in [-0.3, -0.25) is 14.5 Å². The SMILES string of the molecule is CCCOCC(=O)N1CCCN(CC(=O)O)CC1. The van der Waals surface area contributed by atoms with E-state index in [1.165, 1.54) is 0 Å². The van der Waals surface area contributed by atoms with Gasteiger partial charge in [0.1, 0.15) is 6.61 Å². The second-order valence-electron chi connectivity index (χ2n) is 4.46. The highest BCUT2D eigenvalue weighted by atomic mass is 16.5. The highest BCUT2D eigenvalue weighted by Gasteiger charge is 2.19. The quantitative estimate of drug-likeness (QED) is 0.681. The minimum Gasteiger partial charge on any atom is -0.480 e. The molecule has 0 saturated carbocycles. The molecule has 1 aliphatic rings. The van der Waals surface area contributed by atoms with Crippen LogP contribution >= 0.6 is 0 Å². The first kappa shape index (κ1) is 14.9. The maximum Gasteiger partial charge on any atom is 0.317 e. The van der Waals surface area contributed by atoms with Crippen LogP contribution in [0.4, 0.5) is 0 Å². The second-order valence-corrected chi connectivity index (χ2v) is 4.46.